The van der Waals surface area contributed by atoms with Gasteiger partial charge in [-0.15, -0.1) is 0 Å². The van der Waals surface area contributed by atoms with Crippen LogP contribution in [0.25, 0.3) is 11.0 Å². The molecule has 5 atom stereocenters. The highest BCUT2D eigenvalue weighted by Crippen LogP contribution is 2.42. The van der Waals surface area contributed by atoms with E-state index in [0.29, 0.717) is 18.6 Å². The maximum atomic E-state index is 13.1. The molecule has 2 aliphatic rings. The SMILES string of the molecule is CC1C(CN2CCCC2C(=O)OC(C)(C)C)OC(c2ccc(CNC(=O)c3cnc4ccccc4n3)cc2)OC1c1ccc(CO)cc1. The van der Waals surface area contributed by atoms with Crippen molar-refractivity contribution in [3.05, 3.63) is 107 Å². The van der Waals surface area contributed by atoms with E-state index >= 15 is 0 Å². The highest BCUT2D eigenvalue weighted by atomic mass is 16.7. The van der Waals surface area contributed by atoms with Gasteiger partial charge in [-0.1, -0.05) is 67.6 Å². The topological polar surface area (TPSA) is 123 Å². The van der Waals surface area contributed by atoms with Gasteiger partial charge in [0.2, 0.25) is 0 Å². The van der Waals surface area contributed by atoms with Gasteiger partial charge in [0, 0.05) is 24.6 Å². The molecule has 2 saturated heterocycles. The number of hydrogen-bond donors (Lipinski definition) is 2. The normalized spacial score (nSPS) is 23.2. The van der Waals surface area contributed by atoms with E-state index in [1.807, 2.05) is 93.6 Å². The Bertz CT molecular complexity index is 1720. The lowest BCUT2D eigenvalue weighted by Crippen LogP contribution is -2.48. The van der Waals surface area contributed by atoms with E-state index in [-0.39, 0.29) is 48.3 Å². The third kappa shape index (κ3) is 7.90. The number of fused-ring (bicyclic) bond motifs is 1. The summed E-state index contributed by atoms with van der Waals surface area (Å²) in [5, 5.41) is 12.5. The van der Waals surface area contributed by atoms with Crippen molar-refractivity contribution in [3.8, 4) is 0 Å². The number of amides is 1. The number of aliphatic hydroxyl groups is 1. The minimum Gasteiger partial charge on any atom is -0.459 e. The van der Waals surface area contributed by atoms with Gasteiger partial charge < -0.3 is 24.6 Å². The van der Waals surface area contributed by atoms with Gasteiger partial charge in [-0.05, 0) is 69.0 Å². The van der Waals surface area contributed by atoms with Gasteiger partial charge in [0.05, 0.1) is 36.0 Å². The first-order chi connectivity index (χ1) is 23.1. The molecule has 10 heteroatoms. The maximum absolute atomic E-state index is 13.1. The number of benzene rings is 3. The van der Waals surface area contributed by atoms with Gasteiger partial charge in [0.1, 0.15) is 17.3 Å². The Morgan fingerprint density at radius 1 is 0.958 bits per heavy atom. The molecule has 48 heavy (non-hydrogen) atoms. The molecular weight excluding hydrogens is 608 g/mol. The minimum absolute atomic E-state index is 0.0196. The third-order valence-corrected chi connectivity index (χ3v) is 8.97. The van der Waals surface area contributed by atoms with Gasteiger partial charge >= 0.3 is 5.97 Å². The summed E-state index contributed by atoms with van der Waals surface area (Å²) >= 11 is 0. The first kappa shape index (κ1) is 33.7. The summed E-state index contributed by atoms with van der Waals surface area (Å²) in [6, 6.07) is 22.8. The number of hydrogen-bond acceptors (Lipinski definition) is 9. The molecule has 10 nitrogen and oxygen atoms in total. The van der Waals surface area contributed by atoms with E-state index in [4.69, 9.17) is 14.2 Å². The van der Waals surface area contributed by atoms with Gasteiger partial charge in [-0.3, -0.25) is 19.5 Å². The highest BCUT2D eigenvalue weighted by molar-refractivity contribution is 5.93. The summed E-state index contributed by atoms with van der Waals surface area (Å²) in [6.45, 7) is 9.45. The molecule has 252 valence electrons. The fourth-order valence-electron chi connectivity index (χ4n) is 6.37. The molecule has 6 rings (SSSR count). The van der Waals surface area contributed by atoms with Gasteiger partial charge in [-0.2, -0.15) is 0 Å². The molecule has 0 radical (unpaired) electrons. The Morgan fingerprint density at radius 3 is 2.35 bits per heavy atom. The highest BCUT2D eigenvalue weighted by Gasteiger charge is 2.42. The fraction of sp³-hybridized carbons (Fsp3) is 0.421. The van der Waals surface area contributed by atoms with Gasteiger partial charge in [0.25, 0.3) is 5.91 Å². The largest absolute Gasteiger partial charge is 0.459 e. The van der Waals surface area contributed by atoms with Crippen LogP contribution in [-0.2, 0) is 32.2 Å². The number of carbonyl (C=O) groups excluding carboxylic acids is 2. The lowest BCUT2D eigenvalue weighted by molar-refractivity contribution is -0.276. The van der Waals surface area contributed by atoms with Crippen molar-refractivity contribution in [3.63, 3.8) is 0 Å². The third-order valence-electron chi connectivity index (χ3n) is 8.97. The molecule has 0 saturated carbocycles. The van der Waals surface area contributed by atoms with Crippen molar-refractivity contribution < 1.29 is 28.9 Å². The Labute approximate surface area is 281 Å². The first-order valence-electron chi connectivity index (χ1n) is 16.6. The molecule has 0 bridgehead atoms. The van der Waals surface area contributed by atoms with Crippen LogP contribution in [0.15, 0.2) is 79.0 Å². The van der Waals surface area contributed by atoms with Gasteiger partial charge in [-0.25, -0.2) is 4.98 Å². The lowest BCUT2D eigenvalue weighted by atomic mass is 9.90. The molecule has 0 aliphatic carbocycles. The molecule has 2 fully saturated rings. The van der Waals surface area contributed by atoms with Crippen molar-refractivity contribution in [2.24, 2.45) is 5.92 Å². The van der Waals surface area contributed by atoms with Crippen LogP contribution in [0, 0.1) is 5.92 Å². The Balaban J connectivity index is 1.17. The summed E-state index contributed by atoms with van der Waals surface area (Å²) < 4.78 is 19.1. The summed E-state index contributed by atoms with van der Waals surface area (Å²) in [5.41, 5.74) is 4.71. The first-order valence-corrected chi connectivity index (χ1v) is 16.6. The zero-order valence-corrected chi connectivity index (χ0v) is 28.0. The second-order valence-corrected chi connectivity index (χ2v) is 13.7. The number of nitrogens with zero attached hydrogens (tertiary/aromatic N) is 3. The number of para-hydroxylation sites is 2. The van der Waals surface area contributed by atoms with Crippen molar-refractivity contribution in [1.82, 2.24) is 20.2 Å². The quantitative estimate of drug-likeness (QED) is 0.221. The molecule has 1 aromatic heterocycles. The molecule has 2 aliphatic heterocycles. The average molecular weight is 653 g/mol. The van der Waals surface area contributed by atoms with Crippen LogP contribution in [0.1, 0.15) is 85.7 Å². The van der Waals surface area contributed by atoms with E-state index in [2.05, 4.69) is 27.1 Å². The Hall–Kier alpha value is -4.22. The predicted octanol–water partition coefficient (Wildman–Crippen LogP) is 5.65. The van der Waals surface area contributed by atoms with Crippen molar-refractivity contribution in [1.29, 1.82) is 0 Å². The summed E-state index contributed by atoms with van der Waals surface area (Å²) in [5.74, 6) is -0.508. The van der Waals surface area contributed by atoms with Crippen LogP contribution in [0.2, 0.25) is 0 Å². The molecular formula is C38H44N4O6. The number of carbonyl (C=O) groups is 2. The zero-order chi connectivity index (χ0) is 33.8. The van der Waals surface area contributed by atoms with Crippen molar-refractivity contribution in [2.45, 2.75) is 83.8 Å². The van der Waals surface area contributed by atoms with Crippen LogP contribution in [0.5, 0.6) is 0 Å². The van der Waals surface area contributed by atoms with Crippen LogP contribution in [0.3, 0.4) is 0 Å². The van der Waals surface area contributed by atoms with Crippen LogP contribution >= 0.6 is 0 Å². The van der Waals surface area contributed by atoms with E-state index in [9.17, 15) is 14.7 Å². The monoisotopic (exact) mass is 652 g/mol. The molecule has 4 aromatic rings. The van der Waals surface area contributed by atoms with E-state index in [1.54, 1.807) is 0 Å². The van der Waals surface area contributed by atoms with E-state index in [1.165, 1.54) is 6.20 Å². The van der Waals surface area contributed by atoms with E-state index < -0.39 is 11.9 Å². The van der Waals surface area contributed by atoms with Crippen LogP contribution in [0.4, 0.5) is 0 Å². The molecule has 5 unspecified atom stereocenters. The van der Waals surface area contributed by atoms with Crippen LogP contribution in [-0.4, -0.2) is 62.7 Å². The Morgan fingerprint density at radius 2 is 1.65 bits per heavy atom. The summed E-state index contributed by atoms with van der Waals surface area (Å²) in [6.07, 6.45) is 2.02. The number of nitrogens with one attached hydrogen (secondary N) is 1. The van der Waals surface area contributed by atoms with Gasteiger partial charge in [0.15, 0.2) is 6.29 Å². The number of likely N-dealkylation sites (tertiary alicyclic amines) is 1. The number of aliphatic hydroxyl groups excluding tert-OH is 1. The molecule has 2 N–H and O–H groups in total. The molecule has 3 aromatic carbocycles. The van der Waals surface area contributed by atoms with Crippen LogP contribution < -0.4 is 5.32 Å². The lowest BCUT2D eigenvalue weighted by Gasteiger charge is -2.43. The summed E-state index contributed by atoms with van der Waals surface area (Å²) in [7, 11) is 0. The standard InChI is InChI=1S/C38H44N4O6/c1-24-33(22-42-19-7-10-32(42)36(45)48-38(2,3)4)46-37(47-34(24)27-15-13-26(23-43)14-16-27)28-17-11-25(12-18-28)20-40-35(44)31-21-39-29-8-5-6-9-30(29)41-31/h5-6,8-9,11-18,21,24,32-34,37,43H,7,10,19-20,22-23H2,1-4H3,(H,40,44). The second-order valence-electron chi connectivity index (χ2n) is 13.7. The maximum Gasteiger partial charge on any atom is 0.323 e. The number of ether oxygens (including phenoxy) is 3. The second kappa shape index (κ2) is 14.5. The van der Waals surface area contributed by atoms with E-state index in [0.717, 1.165) is 47.2 Å². The molecule has 1 amide bonds. The Kier molecular flexibility index (Phi) is 10.2. The van der Waals surface area contributed by atoms with Crippen molar-refractivity contribution in [2.75, 3.05) is 13.1 Å². The summed E-state index contributed by atoms with van der Waals surface area (Å²) in [4.78, 5) is 36.9. The minimum atomic E-state index is -0.646. The van der Waals surface area contributed by atoms with Crippen molar-refractivity contribution >= 4 is 22.9 Å². The number of esters is 1. The molecule has 3 heterocycles. The smallest absolute Gasteiger partial charge is 0.323 e. The number of rotatable bonds is 9. The fourth-order valence-corrected chi connectivity index (χ4v) is 6.37. The number of aromatic nitrogens is 2. The average Bonchev–Trinajstić information content (AvgIpc) is 3.56. The predicted molar refractivity (Wildman–Crippen MR) is 181 cm³/mol. The molecule has 0 spiro atoms. The zero-order valence-electron chi connectivity index (χ0n) is 28.0.